The highest BCUT2D eigenvalue weighted by Crippen LogP contribution is 2.23. The topological polar surface area (TPSA) is 116 Å². The average Bonchev–Trinajstić information content (AvgIpc) is 2.77. The first-order valence-corrected chi connectivity index (χ1v) is 12.8. The summed E-state index contributed by atoms with van der Waals surface area (Å²) in [6.07, 6.45) is 9.51. The highest BCUT2D eigenvalue weighted by molar-refractivity contribution is 7.86. The molecule has 0 bridgehead atoms. The Bertz CT molecular complexity index is 788. The van der Waals surface area contributed by atoms with E-state index in [-0.39, 0.29) is 19.0 Å². The first-order valence-electron chi connectivity index (χ1n) is 11.4. The highest BCUT2D eigenvalue weighted by atomic mass is 32.2. The van der Waals surface area contributed by atoms with Crippen molar-refractivity contribution in [3.05, 3.63) is 34.9 Å². The minimum Gasteiger partial charge on any atom is -0.468 e. The standard InChI is InChI=1S/C25H40O8S/c1-8-32-23(27)25(29,24(28)33-9-2)21(22(26)31-7)34(30)17-16-20(6)15-11-14-19(5)13-10-12-18(3)4/h12,14,16,21,29H,8-11,13,15,17H2,1-7H3. The molecule has 0 aromatic rings. The summed E-state index contributed by atoms with van der Waals surface area (Å²) in [5.41, 5.74) is 0.411. The molecule has 0 aromatic heterocycles. The van der Waals surface area contributed by atoms with Crippen molar-refractivity contribution in [2.24, 2.45) is 0 Å². The summed E-state index contributed by atoms with van der Waals surface area (Å²) in [6, 6.07) is 0. The zero-order valence-electron chi connectivity index (χ0n) is 21.5. The number of aliphatic hydroxyl groups is 1. The minimum absolute atomic E-state index is 0.165. The van der Waals surface area contributed by atoms with Gasteiger partial charge in [0.15, 0.2) is 5.25 Å². The molecular weight excluding hydrogens is 460 g/mol. The lowest BCUT2D eigenvalue weighted by atomic mass is 9.99. The SMILES string of the molecule is CCOC(=O)C(O)(C(=O)OCC)C(C(=O)OC)S(=O)CC=C(C)CCC=C(C)CCC=C(C)C. The van der Waals surface area contributed by atoms with Gasteiger partial charge >= 0.3 is 17.9 Å². The number of ether oxygens (including phenoxy) is 3. The Balaban J connectivity index is 5.49. The fraction of sp³-hybridized carbons (Fsp3) is 0.640. The van der Waals surface area contributed by atoms with Gasteiger partial charge in [-0.15, -0.1) is 0 Å². The van der Waals surface area contributed by atoms with Gasteiger partial charge in [-0.05, 0) is 67.2 Å². The average molecular weight is 501 g/mol. The maximum absolute atomic E-state index is 13.0. The molecule has 194 valence electrons. The molecule has 0 aliphatic carbocycles. The molecule has 0 heterocycles. The van der Waals surface area contributed by atoms with E-state index >= 15 is 0 Å². The van der Waals surface area contributed by atoms with Gasteiger partial charge in [0.05, 0.1) is 20.3 Å². The van der Waals surface area contributed by atoms with Gasteiger partial charge in [0.1, 0.15) is 0 Å². The summed E-state index contributed by atoms with van der Waals surface area (Å²) >= 11 is 0. The van der Waals surface area contributed by atoms with E-state index in [9.17, 15) is 23.7 Å². The summed E-state index contributed by atoms with van der Waals surface area (Å²) in [5, 5.41) is 8.94. The minimum atomic E-state index is -3.09. The number of carbonyl (C=O) groups is 3. The largest absolute Gasteiger partial charge is 0.468 e. The molecule has 1 N–H and O–H groups in total. The molecule has 34 heavy (non-hydrogen) atoms. The molecule has 0 spiro atoms. The molecule has 0 saturated heterocycles. The molecule has 0 rings (SSSR count). The number of rotatable bonds is 15. The number of esters is 3. The molecule has 0 aliphatic rings. The van der Waals surface area contributed by atoms with Gasteiger partial charge in [-0.2, -0.15) is 0 Å². The lowest BCUT2D eigenvalue weighted by molar-refractivity contribution is -0.186. The van der Waals surface area contributed by atoms with Gasteiger partial charge in [-0.3, -0.25) is 9.00 Å². The first-order chi connectivity index (χ1) is 15.9. The molecule has 0 aromatic carbocycles. The van der Waals surface area contributed by atoms with Crippen LogP contribution in [0.3, 0.4) is 0 Å². The van der Waals surface area contributed by atoms with E-state index < -0.39 is 39.6 Å². The van der Waals surface area contributed by atoms with Crippen LogP contribution >= 0.6 is 0 Å². The number of hydrogen-bond donors (Lipinski definition) is 1. The Morgan fingerprint density at radius 2 is 1.35 bits per heavy atom. The molecule has 0 aliphatic heterocycles. The maximum atomic E-state index is 13.0. The second-order valence-corrected chi connectivity index (χ2v) is 9.68. The third-order valence-electron chi connectivity index (χ3n) is 4.95. The van der Waals surface area contributed by atoms with Gasteiger partial charge in [0.25, 0.3) is 5.60 Å². The van der Waals surface area contributed by atoms with Crippen molar-refractivity contribution in [1.82, 2.24) is 0 Å². The number of carbonyl (C=O) groups excluding carboxylic acids is 3. The lowest BCUT2D eigenvalue weighted by Gasteiger charge is -2.29. The number of allylic oxidation sites excluding steroid dienone is 5. The number of methoxy groups -OCH3 is 1. The highest BCUT2D eigenvalue weighted by Gasteiger charge is 2.60. The summed E-state index contributed by atoms with van der Waals surface area (Å²) < 4.78 is 27.3. The van der Waals surface area contributed by atoms with Gasteiger partial charge in [0.2, 0.25) is 0 Å². The second kappa shape index (κ2) is 16.4. The summed E-state index contributed by atoms with van der Waals surface area (Å²) in [6.45, 7) is 10.7. The van der Waals surface area contributed by atoms with Gasteiger partial charge < -0.3 is 19.3 Å². The van der Waals surface area contributed by atoms with Crippen LogP contribution in [0, 0.1) is 0 Å². The molecule has 0 radical (unpaired) electrons. The third-order valence-corrected chi connectivity index (χ3v) is 6.50. The molecule has 0 fully saturated rings. The van der Waals surface area contributed by atoms with Crippen LogP contribution in [0.5, 0.6) is 0 Å². The van der Waals surface area contributed by atoms with E-state index in [1.807, 2.05) is 6.92 Å². The molecule has 2 atom stereocenters. The predicted octanol–water partition coefficient (Wildman–Crippen LogP) is 3.55. The van der Waals surface area contributed by atoms with Crippen LogP contribution < -0.4 is 0 Å². The van der Waals surface area contributed by atoms with Crippen molar-refractivity contribution in [3.8, 4) is 0 Å². The molecule has 2 unspecified atom stereocenters. The maximum Gasteiger partial charge on any atom is 0.352 e. The van der Waals surface area contributed by atoms with E-state index in [0.717, 1.165) is 31.9 Å². The fourth-order valence-electron chi connectivity index (χ4n) is 3.01. The van der Waals surface area contributed by atoms with Crippen LogP contribution in [0.1, 0.15) is 67.2 Å². The van der Waals surface area contributed by atoms with Crippen molar-refractivity contribution in [2.75, 3.05) is 26.1 Å². The molecule has 9 heteroatoms. The smallest absolute Gasteiger partial charge is 0.352 e. The molecule has 8 nitrogen and oxygen atoms in total. The van der Waals surface area contributed by atoms with E-state index in [2.05, 4.69) is 37.7 Å². The van der Waals surface area contributed by atoms with Crippen molar-refractivity contribution >= 4 is 28.7 Å². The van der Waals surface area contributed by atoms with Crippen molar-refractivity contribution in [2.45, 2.75) is 78.1 Å². The van der Waals surface area contributed by atoms with Gasteiger partial charge in [0, 0.05) is 16.6 Å². The summed E-state index contributed by atoms with van der Waals surface area (Å²) in [4.78, 5) is 37.3. The zero-order valence-corrected chi connectivity index (χ0v) is 22.3. The van der Waals surface area contributed by atoms with Crippen LogP contribution in [0.2, 0.25) is 0 Å². The molecule has 0 saturated carbocycles. The van der Waals surface area contributed by atoms with Gasteiger partial charge in [-0.25, -0.2) is 9.59 Å². The van der Waals surface area contributed by atoms with E-state index in [1.165, 1.54) is 25.0 Å². The Kier molecular flexibility index (Phi) is 15.3. The number of hydrogen-bond acceptors (Lipinski definition) is 8. The monoisotopic (exact) mass is 500 g/mol. The summed E-state index contributed by atoms with van der Waals surface area (Å²) in [5.74, 6) is -4.17. The second-order valence-electron chi connectivity index (χ2n) is 8.12. The van der Waals surface area contributed by atoms with E-state index in [4.69, 9.17) is 9.47 Å². The van der Waals surface area contributed by atoms with Crippen molar-refractivity contribution in [1.29, 1.82) is 0 Å². The predicted molar refractivity (Wildman–Crippen MR) is 132 cm³/mol. The Labute approximate surface area is 205 Å². The van der Waals surface area contributed by atoms with Crippen LogP contribution in [0.4, 0.5) is 0 Å². The summed E-state index contributed by atoms with van der Waals surface area (Å²) in [7, 11) is -1.16. The van der Waals surface area contributed by atoms with Crippen LogP contribution in [-0.2, 0) is 39.4 Å². The van der Waals surface area contributed by atoms with Crippen LogP contribution in [0.25, 0.3) is 0 Å². The molecular formula is C25H40O8S. The normalized spacial score (nSPS) is 14.1. The van der Waals surface area contributed by atoms with Crippen LogP contribution in [0.15, 0.2) is 34.9 Å². The van der Waals surface area contributed by atoms with Crippen LogP contribution in [-0.4, -0.2) is 64.2 Å². The Morgan fingerprint density at radius 3 is 1.79 bits per heavy atom. The zero-order chi connectivity index (χ0) is 26.3. The van der Waals surface area contributed by atoms with E-state index in [1.54, 1.807) is 6.08 Å². The fourth-order valence-corrected chi connectivity index (χ4v) is 4.54. The molecule has 0 amide bonds. The van der Waals surface area contributed by atoms with Crippen molar-refractivity contribution < 1.29 is 37.9 Å². The quantitative estimate of drug-likeness (QED) is 0.157. The van der Waals surface area contributed by atoms with Crippen molar-refractivity contribution in [3.63, 3.8) is 0 Å². The van der Waals surface area contributed by atoms with Gasteiger partial charge in [-0.1, -0.05) is 34.9 Å². The Hall–Kier alpha value is -2.26. The third kappa shape index (κ3) is 10.3. The Morgan fingerprint density at radius 1 is 0.882 bits per heavy atom. The lowest BCUT2D eigenvalue weighted by Crippen LogP contribution is -2.62. The van der Waals surface area contributed by atoms with E-state index in [0.29, 0.717) is 6.42 Å². The first kappa shape index (κ1) is 31.7.